The number of carbonyl (C=O) groups excluding carboxylic acids is 5. The molecule has 4 rings (SSSR count). The van der Waals surface area contributed by atoms with Crippen LogP contribution in [0, 0.1) is 12.8 Å². The van der Waals surface area contributed by atoms with Crippen molar-refractivity contribution in [1.29, 1.82) is 0 Å². The minimum atomic E-state index is -4.19. The summed E-state index contributed by atoms with van der Waals surface area (Å²) in [6.45, 7) is 12.9. The summed E-state index contributed by atoms with van der Waals surface area (Å²) in [7, 11) is -2.77. The van der Waals surface area contributed by atoms with Crippen LogP contribution in [0.1, 0.15) is 91.8 Å². The van der Waals surface area contributed by atoms with Crippen molar-refractivity contribution >= 4 is 39.8 Å². The molecule has 2 aromatic rings. The zero-order valence-electron chi connectivity index (χ0n) is 30.5. The van der Waals surface area contributed by atoms with Crippen molar-refractivity contribution in [3.63, 3.8) is 0 Å². The molecule has 14 nitrogen and oxygen atoms in total. The standard InChI is InChI=1S/C36H49N5O9S/c1-22-9-11-26(12-10-22)51(47,48)39-29(33(45)49-35(2,3)4)19-38-31(43)28-18-25-21-41(20-24(25)17-27(28)30(42)37-8)32(44)23-13-15-40(16-14-23)34(46)50-36(5,6)7/h9-12,17-18,23,29,39H,13-16,19-21H2,1-8H3,(H,37,42)(H,38,43)/t29-/m0/s1. The van der Waals surface area contributed by atoms with E-state index < -0.39 is 57.7 Å². The van der Waals surface area contributed by atoms with E-state index in [0.29, 0.717) is 37.1 Å². The molecule has 15 heteroatoms. The zero-order chi connectivity index (χ0) is 37.9. The van der Waals surface area contributed by atoms with Gasteiger partial charge in [0, 0.05) is 45.7 Å². The van der Waals surface area contributed by atoms with Gasteiger partial charge in [-0.2, -0.15) is 4.72 Å². The maximum absolute atomic E-state index is 13.7. The maximum atomic E-state index is 13.7. The van der Waals surface area contributed by atoms with Gasteiger partial charge < -0.3 is 29.9 Å². The number of hydrogen-bond acceptors (Lipinski definition) is 9. The van der Waals surface area contributed by atoms with E-state index in [2.05, 4.69) is 15.4 Å². The average Bonchev–Trinajstić information content (AvgIpc) is 3.47. The first-order chi connectivity index (χ1) is 23.7. The Morgan fingerprint density at radius 1 is 0.824 bits per heavy atom. The molecule has 2 aliphatic rings. The molecule has 2 aliphatic heterocycles. The molecule has 1 atom stereocenters. The Balaban J connectivity index is 1.49. The summed E-state index contributed by atoms with van der Waals surface area (Å²) in [6, 6.07) is 7.69. The van der Waals surface area contributed by atoms with Gasteiger partial charge in [0.25, 0.3) is 11.8 Å². The van der Waals surface area contributed by atoms with Crippen molar-refractivity contribution in [3.8, 4) is 0 Å². The van der Waals surface area contributed by atoms with Crippen molar-refractivity contribution in [2.45, 2.75) is 96.5 Å². The van der Waals surface area contributed by atoms with Crippen LogP contribution in [0.15, 0.2) is 41.3 Å². The van der Waals surface area contributed by atoms with Crippen LogP contribution in [0.5, 0.6) is 0 Å². The largest absolute Gasteiger partial charge is 0.459 e. The molecule has 4 amide bonds. The number of rotatable bonds is 9. The van der Waals surface area contributed by atoms with Crippen molar-refractivity contribution in [3.05, 3.63) is 64.2 Å². The Morgan fingerprint density at radius 2 is 1.35 bits per heavy atom. The Bertz CT molecular complexity index is 1770. The molecule has 2 heterocycles. The van der Waals surface area contributed by atoms with Crippen molar-refractivity contribution in [2.75, 3.05) is 26.7 Å². The van der Waals surface area contributed by atoms with E-state index in [0.717, 1.165) is 5.56 Å². The molecular formula is C36H49N5O9S. The van der Waals surface area contributed by atoms with E-state index >= 15 is 0 Å². The van der Waals surface area contributed by atoms with Gasteiger partial charge in [0.1, 0.15) is 17.2 Å². The molecule has 0 spiro atoms. The Kier molecular flexibility index (Phi) is 11.9. The molecule has 0 bridgehead atoms. The minimum absolute atomic E-state index is 0.00241. The summed E-state index contributed by atoms with van der Waals surface area (Å²) in [4.78, 5) is 69.1. The molecule has 1 fully saturated rings. The van der Waals surface area contributed by atoms with Crippen LogP contribution in [-0.2, 0) is 42.2 Å². The van der Waals surface area contributed by atoms with Crippen molar-refractivity contribution in [1.82, 2.24) is 25.2 Å². The molecule has 0 aliphatic carbocycles. The highest BCUT2D eigenvalue weighted by Crippen LogP contribution is 2.30. The van der Waals surface area contributed by atoms with Gasteiger partial charge in [0.2, 0.25) is 15.9 Å². The Labute approximate surface area is 299 Å². The second kappa shape index (κ2) is 15.4. The van der Waals surface area contributed by atoms with Crippen molar-refractivity contribution in [2.24, 2.45) is 5.92 Å². The molecule has 3 N–H and O–H groups in total. The van der Waals surface area contributed by atoms with Crippen LogP contribution in [0.3, 0.4) is 0 Å². The molecule has 0 unspecified atom stereocenters. The van der Waals surface area contributed by atoms with E-state index in [4.69, 9.17) is 9.47 Å². The third kappa shape index (κ3) is 10.3. The third-order valence-corrected chi connectivity index (χ3v) is 9.86. The number of sulfonamides is 1. The molecule has 51 heavy (non-hydrogen) atoms. The maximum Gasteiger partial charge on any atom is 0.410 e. The highest BCUT2D eigenvalue weighted by Gasteiger charge is 2.36. The first-order valence-electron chi connectivity index (χ1n) is 16.9. The van der Waals surface area contributed by atoms with Crippen LogP contribution in [0.2, 0.25) is 0 Å². The normalized spacial score (nSPS) is 15.8. The van der Waals surface area contributed by atoms with E-state index in [1.54, 1.807) is 75.6 Å². The van der Waals surface area contributed by atoms with Crippen molar-refractivity contribution < 1.29 is 41.9 Å². The highest BCUT2D eigenvalue weighted by atomic mass is 32.2. The summed E-state index contributed by atoms with van der Waals surface area (Å²) < 4.78 is 39.7. The Morgan fingerprint density at radius 3 is 1.86 bits per heavy atom. The predicted molar refractivity (Wildman–Crippen MR) is 188 cm³/mol. The zero-order valence-corrected chi connectivity index (χ0v) is 31.4. The fourth-order valence-corrected chi connectivity index (χ4v) is 7.00. The van der Waals surface area contributed by atoms with Gasteiger partial charge in [-0.25, -0.2) is 13.2 Å². The van der Waals surface area contributed by atoms with Crippen LogP contribution in [-0.4, -0.2) is 91.9 Å². The first kappa shape index (κ1) is 39.3. The van der Waals surface area contributed by atoms with Gasteiger partial charge in [-0.3, -0.25) is 19.2 Å². The summed E-state index contributed by atoms with van der Waals surface area (Å²) in [5.41, 5.74) is 0.727. The van der Waals surface area contributed by atoms with E-state index in [1.165, 1.54) is 19.2 Å². The van der Waals surface area contributed by atoms with Gasteiger partial charge in [-0.1, -0.05) is 17.7 Å². The number of fused-ring (bicyclic) bond motifs is 1. The number of aryl methyl sites for hydroxylation is 1. The van der Waals surface area contributed by atoms with Crippen LogP contribution in [0.25, 0.3) is 0 Å². The number of nitrogens with zero attached hydrogens (tertiary/aromatic N) is 2. The number of amides is 4. The molecule has 1 saturated heterocycles. The number of carbonyl (C=O) groups is 5. The van der Waals surface area contributed by atoms with Crippen LogP contribution >= 0.6 is 0 Å². The third-order valence-electron chi connectivity index (χ3n) is 8.37. The Hall–Kier alpha value is -4.50. The predicted octanol–water partition coefficient (Wildman–Crippen LogP) is 3.26. The van der Waals surface area contributed by atoms with Crippen LogP contribution in [0.4, 0.5) is 4.79 Å². The molecule has 0 saturated carbocycles. The van der Waals surface area contributed by atoms with Gasteiger partial charge >= 0.3 is 12.1 Å². The van der Waals surface area contributed by atoms with Gasteiger partial charge in [0.15, 0.2) is 0 Å². The second-order valence-electron chi connectivity index (χ2n) is 14.9. The van der Waals surface area contributed by atoms with Gasteiger partial charge in [-0.15, -0.1) is 0 Å². The SMILES string of the molecule is CNC(=O)c1cc2c(cc1C(=O)NC[C@H](NS(=O)(=O)c1ccc(C)cc1)C(=O)OC(C)(C)C)CN(C(=O)C1CCN(C(=O)OC(C)(C)C)CC1)C2. The first-order valence-corrected chi connectivity index (χ1v) is 18.4. The van der Waals surface area contributed by atoms with Gasteiger partial charge in [0.05, 0.1) is 16.0 Å². The number of esters is 1. The molecule has 2 aromatic carbocycles. The van der Waals surface area contributed by atoms with Crippen LogP contribution < -0.4 is 15.4 Å². The number of likely N-dealkylation sites (tertiary alicyclic amines) is 1. The van der Waals surface area contributed by atoms with E-state index in [-0.39, 0.29) is 40.9 Å². The summed E-state index contributed by atoms with van der Waals surface area (Å²) in [5, 5.41) is 5.14. The fourth-order valence-electron chi connectivity index (χ4n) is 5.82. The number of ether oxygens (including phenoxy) is 2. The molecular weight excluding hydrogens is 678 g/mol. The summed E-state index contributed by atoms with van der Waals surface area (Å²) >= 11 is 0. The fraction of sp³-hybridized carbons (Fsp3) is 0.528. The summed E-state index contributed by atoms with van der Waals surface area (Å²) in [6.07, 6.45) is 0.555. The van der Waals surface area contributed by atoms with E-state index in [1.807, 2.05) is 6.92 Å². The average molecular weight is 728 g/mol. The van der Waals surface area contributed by atoms with Gasteiger partial charge in [-0.05, 0) is 96.7 Å². The lowest BCUT2D eigenvalue weighted by atomic mass is 9.95. The molecule has 278 valence electrons. The number of nitrogens with one attached hydrogen (secondary N) is 3. The highest BCUT2D eigenvalue weighted by molar-refractivity contribution is 7.89. The lowest BCUT2D eigenvalue weighted by molar-refractivity contribution is -0.156. The second-order valence-corrected chi connectivity index (χ2v) is 16.6. The monoisotopic (exact) mass is 727 g/mol. The smallest absolute Gasteiger partial charge is 0.410 e. The van der Waals surface area contributed by atoms with E-state index in [9.17, 15) is 32.4 Å². The molecule has 0 radical (unpaired) electrons. The lowest BCUT2D eigenvalue weighted by Gasteiger charge is -2.34. The number of piperidine rings is 1. The number of hydrogen-bond donors (Lipinski definition) is 3. The topological polar surface area (TPSA) is 181 Å². The summed E-state index contributed by atoms with van der Waals surface area (Å²) in [5.74, 6) is -2.54. The lowest BCUT2D eigenvalue weighted by Crippen LogP contribution is -2.50. The number of benzene rings is 2. The molecule has 0 aromatic heterocycles. The minimum Gasteiger partial charge on any atom is -0.459 e. The quantitative estimate of drug-likeness (QED) is 0.327.